The molecule has 0 aliphatic heterocycles. The molecule has 6 nitrogen and oxygen atoms in total. The van der Waals surface area contributed by atoms with Gasteiger partial charge in [-0.15, -0.1) is 0 Å². The fourth-order valence-electron chi connectivity index (χ4n) is 2.43. The van der Waals surface area contributed by atoms with Crippen molar-refractivity contribution in [3.05, 3.63) is 66.4 Å². The Morgan fingerprint density at radius 3 is 2.44 bits per heavy atom. The Morgan fingerprint density at radius 1 is 1.07 bits per heavy atom. The Balaban J connectivity index is 1.53. The van der Waals surface area contributed by atoms with Gasteiger partial charge in [0, 0.05) is 25.3 Å². The summed E-state index contributed by atoms with van der Waals surface area (Å²) in [4.78, 5) is 33.0. The summed E-state index contributed by atoms with van der Waals surface area (Å²) in [6, 6.07) is 16.7. The molecule has 1 heterocycles. The van der Waals surface area contributed by atoms with E-state index in [1.807, 2.05) is 30.3 Å². The van der Waals surface area contributed by atoms with E-state index in [-0.39, 0.29) is 17.6 Å². The Hall–Kier alpha value is -3.06. The molecule has 0 aliphatic rings. The zero-order valence-electron chi connectivity index (χ0n) is 15.1. The van der Waals surface area contributed by atoms with E-state index in [0.717, 1.165) is 11.3 Å². The lowest BCUT2D eigenvalue weighted by molar-refractivity contribution is -0.113. The highest BCUT2D eigenvalue weighted by Gasteiger charge is 2.10. The Kier molecular flexibility index (Phi) is 5.93. The standard InChI is InChI=1S/C20H20N4O2S/c1-24(2)19(26)15-8-10-16(11-9-15)22-18(25)13-27-20-21-12-17(23-20)14-6-4-3-5-7-14/h3-12H,13H2,1-2H3,(H,21,23)(H,22,25). The van der Waals surface area contributed by atoms with Gasteiger partial charge in [0.25, 0.3) is 5.91 Å². The number of amides is 2. The summed E-state index contributed by atoms with van der Waals surface area (Å²) in [6.45, 7) is 0. The van der Waals surface area contributed by atoms with E-state index in [9.17, 15) is 9.59 Å². The number of hydrogen-bond donors (Lipinski definition) is 2. The maximum atomic E-state index is 12.1. The lowest BCUT2D eigenvalue weighted by atomic mass is 10.2. The molecule has 0 fully saturated rings. The maximum Gasteiger partial charge on any atom is 0.253 e. The number of H-pyrrole nitrogens is 1. The molecule has 0 spiro atoms. The Labute approximate surface area is 162 Å². The minimum absolute atomic E-state index is 0.0736. The largest absolute Gasteiger partial charge is 0.345 e. The summed E-state index contributed by atoms with van der Waals surface area (Å²) in [5.41, 5.74) is 3.20. The fourth-order valence-corrected chi connectivity index (χ4v) is 3.08. The van der Waals surface area contributed by atoms with E-state index >= 15 is 0 Å². The second kappa shape index (κ2) is 8.55. The first kappa shape index (κ1) is 18.7. The van der Waals surface area contributed by atoms with Gasteiger partial charge in [0.05, 0.1) is 17.6 Å². The molecule has 27 heavy (non-hydrogen) atoms. The third-order valence-electron chi connectivity index (χ3n) is 3.80. The number of aromatic amines is 1. The summed E-state index contributed by atoms with van der Waals surface area (Å²) in [6.07, 6.45) is 1.76. The number of hydrogen-bond acceptors (Lipinski definition) is 4. The highest BCUT2D eigenvalue weighted by molar-refractivity contribution is 7.99. The number of nitrogens with one attached hydrogen (secondary N) is 2. The quantitative estimate of drug-likeness (QED) is 0.642. The average Bonchev–Trinajstić information content (AvgIpc) is 3.16. The van der Waals surface area contributed by atoms with Gasteiger partial charge in [0.1, 0.15) is 0 Å². The molecule has 2 aromatic carbocycles. The SMILES string of the molecule is CN(C)C(=O)c1ccc(NC(=O)CSc2ncc(-c3ccccc3)[nH]2)cc1. The van der Waals surface area contributed by atoms with Crippen molar-refractivity contribution in [3.63, 3.8) is 0 Å². The second-order valence-corrected chi connectivity index (χ2v) is 7.05. The average molecular weight is 380 g/mol. The summed E-state index contributed by atoms with van der Waals surface area (Å²) < 4.78 is 0. The van der Waals surface area contributed by atoms with Crippen molar-refractivity contribution in [2.75, 3.05) is 25.2 Å². The van der Waals surface area contributed by atoms with E-state index in [1.54, 1.807) is 44.6 Å². The molecule has 1 aromatic heterocycles. The second-order valence-electron chi connectivity index (χ2n) is 6.08. The highest BCUT2D eigenvalue weighted by atomic mass is 32.2. The van der Waals surface area contributed by atoms with Crippen LogP contribution in [0.2, 0.25) is 0 Å². The lowest BCUT2D eigenvalue weighted by Gasteiger charge is -2.10. The first-order valence-corrected chi connectivity index (χ1v) is 9.36. The van der Waals surface area contributed by atoms with Crippen LogP contribution in [0.1, 0.15) is 10.4 Å². The van der Waals surface area contributed by atoms with Crippen LogP contribution in [0.15, 0.2) is 66.0 Å². The first-order valence-electron chi connectivity index (χ1n) is 8.38. The maximum absolute atomic E-state index is 12.1. The number of thioether (sulfide) groups is 1. The van der Waals surface area contributed by atoms with Gasteiger partial charge in [-0.1, -0.05) is 42.1 Å². The molecule has 3 aromatic rings. The van der Waals surface area contributed by atoms with Gasteiger partial charge >= 0.3 is 0 Å². The van der Waals surface area contributed by atoms with Gasteiger partial charge < -0.3 is 15.2 Å². The molecule has 2 amide bonds. The summed E-state index contributed by atoms with van der Waals surface area (Å²) in [5, 5.41) is 3.51. The van der Waals surface area contributed by atoms with E-state index in [0.29, 0.717) is 16.4 Å². The number of rotatable bonds is 6. The minimum Gasteiger partial charge on any atom is -0.345 e. The number of benzene rings is 2. The first-order chi connectivity index (χ1) is 13.0. The van der Waals surface area contributed by atoms with E-state index in [1.165, 1.54) is 16.7 Å². The van der Waals surface area contributed by atoms with Gasteiger partial charge in [0.2, 0.25) is 5.91 Å². The van der Waals surface area contributed by atoms with Crippen LogP contribution in [0.5, 0.6) is 0 Å². The van der Waals surface area contributed by atoms with Gasteiger partial charge in [-0.2, -0.15) is 0 Å². The van der Waals surface area contributed by atoms with Crippen LogP contribution in [0.25, 0.3) is 11.3 Å². The molecule has 0 saturated heterocycles. The van der Waals surface area contributed by atoms with Gasteiger partial charge in [-0.25, -0.2) is 4.98 Å². The number of carbonyl (C=O) groups is 2. The van der Waals surface area contributed by atoms with Crippen LogP contribution in [-0.2, 0) is 4.79 Å². The smallest absolute Gasteiger partial charge is 0.253 e. The molecule has 0 bridgehead atoms. The molecule has 0 unspecified atom stereocenters. The molecule has 0 saturated carbocycles. The van der Waals surface area contributed by atoms with Crippen molar-refractivity contribution in [2.24, 2.45) is 0 Å². The third kappa shape index (κ3) is 4.98. The van der Waals surface area contributed by atoms with Crippen LogP contribution < -0.4 is 5.32 Å². The summed E-state index contributed by atoms with van der Waals surface area (Å²) >= 11 is 1.34. The lowest BCUT2D eigenvalue weighted by Crippen LogP contribution is -2.21. The molecule has 3 rings (SSSR count). The molecule has 138 valence electrons. The summed E-state index contributed by atoms with van der Waals surface area (Å²) in [7, 11) is 3.40. The predicted molar refractivity (Wildman–Crippen MR) is 108 cm³/mol. The molecule has 0 radical (unpaired) electrons. The number of carbonyl (C=O) groups excluding carboxylic acids is 2. The third-order valence-corrected chi connectivity index (χ3v) is 4.69. The molecule has 2 N–H and O–H groups in total. The highest BCUT2D eigenvalue weighted by Crippen LogP contribution is 2.21. The normalized spacial score (nSPS) is 10.4. The van der Waals surface area contributed by atoms with Crippen molar-refractivity contribution in [1.29, 1.82) is 0 Å². The molecule has 0 aliphatic carbocycles. The van der Waals surface area contributed by atoms with Crippen LogP contribution in [0.4, 0.5) is 5.69 Å². The van der Waals surface area contributed by atoms with Crippen molar-refractivity contribution in [2.45, 2.75) is 5.16 Å². The molecular formula is C20H20N4O2S. The number of imidazole rings is 1. The zero-order valence-corrected chi connectivity index (χ0v) is 15.9. The minimum atomic E-state index is -0.135. The zero-order chi connectivity index (χ0) is 19.2. The summed E-state index contributed by atoms with van der Waals surface area (Å²) in [5.74, 6) is 0.0277. The Morgan fingerprint density at radius 2 is 1.78 bits per heavy atom. The van der Waals surface area contributed by atoms with Gasteiger partial charge in [-0.3, -0.25) is 9.59 Å². The number of nitrogens with zero attached hydrogens (tertiary/aromatic N) is 2. The monoisotopic (exact) mass is 380 g/mol. The van der Waals surface area contributed by atoms with E-state index in [2.05, 4.69) is 15.3 Å². The van der Waals surface area contributed by atoms with Crippen LogP contribution >= 0.6 is 11.8 Å². The Bertz CT molecular complexity index is 921. The van der Waals surface area contributed by atoms with Crippen molar-refractivity contribution in [3.8, 4) is 11.3 Å². The molecular weight excluding hydrogens is 360 g/mol. The molecule has 7 heteroatoms. The van der Waals surface area contributed by atoms with Crippen molar-refractivity contribution in [1.82, 2.24) is 14.9 Å². The number of aromatic nitrogens is 2. The van der Waals surface area contributed by atoms with E-state index in [4.69, 9.17) is 0 Å². The topological polar surface area (TPSA) is 78.1 Å². The number of anilines is 1. The van der Waals surface area contributed by atoms with Crippen LogP contribution in [-0.4, -0.2) is 46.5 Å². The van der Waals surface area contributed by atoms with Gasteiger partial charge in [-0.05, 0) is 29.8 Å². The van der Waals surface area contributed by atoms with Gasteiger partial charge in [0.15, 0.2) is 5.16 Å². The predicted octanol–water partition coefficient (Wildman–Crippen LogP) is 3.51. The van der Waals surface area contributed by atoms with Crippen molar-refractivity contribution < 1.29 is 9.59 Å². The van der Waals surface area contributed by atoms with Crippen molar-refractivity contribution >= 4 is 29.3 Å². The molecule has 0 atom stereocenters. The van der Waals surface area contributed by atoms with E-state index < -0.39 is 0 Å². The van der Waals surface area contributed by atoms with Crippen LogP contribution in [0, 0.1) is 0 Å². The fraction of sp³-hybridized carbons (Fsp3) is 0.150. The van der Waals surface area contributed by atoms with Crippen LogP contribution in [0.3, 0.4) is 0 Å².